The van der Waals surface area contributed by atoms with E-state index in [1.54, 1.807) is 7.11 Å². The average Bonchev–Trinajstić information content (AvgIpc) is 2.73. The summed E-state index contributed by atoms with van der Waals surface area (Å²) in [6, 6.07) is 13.0. The SMILES string of the molecule is CNC(=O)c1ccc(S(=O)(=O)N2CCNCC2c2ccccc2OC)cc1. The first-order chi connectivity index (χ1) is 13.0. The molecule has 144 valence electrons. The van der Waals surface area contributed by atoms with Crippen molar-refractivity contribution in [2.24, 2.45) is 0 Å². The number of carbonyl (C=O) groups is 1. The lowest BCUT2D eigenvalue weighted by molar-refractivity contribution is 0.0963. The summed E-state index contributed by atoms with van der Waals surface area (Å²) in [5, 5.41) is 5.78. The predicted octanol–water partition coefficient (Wildman–Crippen LogP) is 1.39. The highest BCUT2D eigenvalue weighted by atomic mass is 32.2. The van der Waals surface area contributed by atoms with Crippen molar-refractivity contribution in [3.63, 3.8) is 0 Å². The van der Waals surface area contributed by atoms with Crippen LogP contribution in [-0.2, 0) is 10.0 Å². The van der Waals surface area contributed by atoms with Gasteiger partial charge in [0.2, 0.25) is 10.0 Å². The fraction of sp³-hybridized carbons (Fsp3) is 0.316. The second-order valence-corrected chi connectivity index (χ2v) is 8.07. The van der Waals surface area contributed by atoms with E-state index in [9.17, 15) is 13.2 Å². The number of ether oxygens (including phenoxy) is 1. The summed E-state index contributed by atoms with van der Waals surface area (Å²) < 4.78 is 33.5. The molecule has 7 nitrogen and oxygen atoms in total. The number of benzene rings is 2. The minimum atomic E-state index is -3.73. The summed E-state index contributed by atoms with van der Waals surface area (Å²) in [6.45, 7) is 1.42. The van der Waals surface area contributed by atoms with Crippen molar-refractivity contribution in [1.82, 2.24) is 14.9 Å². The van der Waals surface area contributed by atoms with Crippen molar-refractivity contribution in [3.8, 4) is 5.75 Å². The highest BCUT2D eigenvalue weighted by Gasteiger charge is 2.35. The Morgan fingerprint density at radius 2 is 1.89 bits per heavy atom. The molecule has 2 aromatic rings. The van der Waals surface area contributed by atoms with Crippen LogP contribution in [0, 0.1) is 0 Å². The average molecular weight is 389 g/mol. The van der Waals surface area contributed by atoms with Gasteiger partial charge in [-0.1, -0.05) is 18.2 Å². The van der Waals surface area contributed by atoms with Gasteiger partial charge in [0, 0.05) is 37.8 Å². The molecular weight excluding hydrogens is 366 g/mol. The van der Waals surface area contributed by atoms with Crippen LogP contribution in [0.3, 0.4) is 0 Å². The third kappa shape index (κ3) is 3.83. The van der Waals surface area contributed by atoms with Crippen LogP contribution in [-0.4, -0.2) is 52.4 Å². The number of para-hydroxylation sites is 1. The van der Waals surface area contributed by atoms with Crippen LogP contribution in [0.1, 0.15) is 22.0 Å². The van der Waals surface area contributed by atoms with Gasteiger partial charge >= 0.3 is 0 Å². The lowest BCUT2D eigenvalue weighted by atomic mass is 10.0. The highest BCUT2D eigenvalue weighted by Crippen LogP contribution is 2.33. The summed E-state index contributed by atoms with van der Waals surface area (Å²) in [7, 11) is -0.619. The number of nitrogens with one attached hydrogen (secondary N) is 2. The Morgan fingerprint density at radius 1 is 1.19 bits per heavy atom. The van der Waals surface area contributed by atoms with Gasteiger partial charge in [0.15, 0.2) is 0 Å². The first-order valence-electron chi connectivity index (χ1n) is 8.66. The third-order valence-corrected chi connectivity index (χ3v) is 6.56. The Bertz CT molecular complexity index is 913. The molecule has 0 radical (unpaired) electrons. The van der Waals surface area contributed by atoms with Crippen LogP contribution >= 0.6 is 0 Å². The molecule has 1 aliphatic rings. The number of carbonyl (C=O) groups excluding carboxylic acids is 1. The van der Waals surface area contributed by atoms with Gasteiger partial charge in [0.1, 0.15) is 5.75 Å². The molecule has 1 atom stereocenters. The van der Waals surface area contributed by atoms with E-state index < -0.39 is 10.0 Å². The first kappa shape index (κ1) is 19.3. The number of sulfonamides is 1. The van der Waals surface area contributed by atoms with E-state index in [1.807, 2.05) is 24.3 Å². The van der Waals surface area contributed by atoms with Gasteiger partial charge < -0.3 is 15.4 Å². The molecular formula is C19H23N3O4S. The molecule has 1 saturated heterocycles. The topological polar surface area (TPSA) is 87.7 Å². The Balaban J connectivity index is 1.97. The van der Waals surface area contributed by atoms with Gasteiger partial charge in [-0.2, -0.15) is 4.31 Å². The van der Waals surface area contributed by atoms with Crippen LogP contribution in [0.15, 0.2) is 53.4 Å². The van der Waals surface area contributed by atoms with Crippen LogP contribution in [0.25, 0.3) is 0 Å². The Morgan fingerprint density at radius 3 is 2.56 bits per heavy atom. The zero-order valence-corrected chi connectivity index (χ0v) is 16.1. The second kappa shape index (κ2) is 8.08. The van der Waals surface area contributed by atoms with E-state index in [0.717, 1.165) is 5.56 Å². The van der Waals surface area contributed by atoms with Crippen LogP contribution < -0.4 is 15.4 Å². The number of methoxy groups -OCH3 is 1. The van der Waals surface area contributed by atoms with Crippen molar-refractivity contribution in [3.05, 3.63) is 59.7 Å². The number of piperazine rings is 1. The largest absolute Gasteiger partial charge is 0.496 e. The molecule has 0 spiro atoms. The van der Waals surface area contributed by atoms with E-state index in [-0.39, 0.29) is 16.8 Å². The Labute approximate surface area is 159 Å². The van der Waals surface area contributed by atoms with Gasteiger partial charge in [-0.05, 0) is 30.3 Å². The van der Waals surface area contributed by atoms with Crippen molar-refractivity contribution >= 4 is 15.9 Å². The lowest BCUT2D eigenvalue weighted by Gasteiger charge is -2.36. The molecule has 27 heavy (non-hydrogen) atoms. The predicted molar refractivity (Wildman–Crippen MR) is 102 cm³/mol. The van der Waals surface area contributed by atoms with E-state index in [0.29, 0.717) is 30.9 Å². The van der Waals surface area contributed by atoms with Gasteiger partial charge in [0.05, 0.1) is 18.0 Å². The maximum atomic E-state index is 13.3. The van der Waals surface area contributed by atoms with E-state index in [2.05, 4.69) is 10.6 Å². The number of rotatable bonds is 5. The molecule has 1 amide bonds. The summed E-state index contributed by atoms with van der Waals surface area (Å²) >= 11 is 0. The monoisotopic (exact) mass is 389 g/mol. The summed E-state index contributed by atoms with van der Waals surface area (Å²) in [5.41, 5.74) is 1.23. The quantitative estimate of drug-likeness (QED) is 0.807. The molecule has 0 bridgehead atoms. The molecule has 0 aromatic heterocycles. The van der Waals surface area contributed by atoms with Crippen molar-refractivity contribution in [2.45, 2.75) is 10.9 Å². The van der Waals surface area contributed by atoms with E-state index in [4.69, 9.17) is 4.74 Å². The molecule has 0 saturated carbocycles. The van der Waals surface area contributed by atoms with E-state index in [1.165, 1.54) is 35.6 Å². The third-order valence-electron chi connectivity index (χ3n) is 4.64. The summed E-state index contributed by atoms with van der Waals surface area (Å²) in [6.07, 6.45) is 0. The second-order valence-electron chi connectivity index (χ2n) is 6.18. The Hall–Kier alpha value is -2.42. The fourth-order valence-corrected chi connectivity index (χ4v) is 4.84. The molecule has 1 unspecified atom stereocenters. The molecule has 1 heterocycles. The number of hydrogen-bond acceptors (Lipinski definition) is 5. The molecule has 8 heteroatoms. The minimum Gasteiger partial charge on any atom is -0.496 e. The maximum Gasteiger partial charge on any atom is 0.251 e. The molecule has 2 N–H and O–H groups in total. The first-order valence-corrected chi connectivity index (χ1v) is 10.1. The van der Waals surface area contributed by atoms with Gasteiger partial charge in [0.25, 0.3) is 5.91 Å². The van der Waals surface area contributed by atoms with Crippen molar-refractivity contribution < 1.29 is 17.9 Å². The van der Waals surface area contributed by atoms with Crippen molar-refractivity contribution in [1.29, 1.82) is 0 Å². The lowest BCUT2D eigenvalue weighted by Crippen LogP contribution is -2.48. The molecule has 0 aliphatic carbocycles. The minimum absolute atomic E-state index is 0.164. The Kier molecular flexibility index (Phi) is 5.79. The highest BCUT2D eigenvalue weighted by molar-refractivity contribution is 7.89. The van der Waals surface area contributed by atoms with Gasteiger partial charge in [-0.15, -0.1) is 0 Å². The normalized spacial score (nSPS) is 18.1. The number of amides is 1. The standard InChI is InChI=1S/C19H23N3O4S/c1-20-19(23)14-7-9-15(10-8-14)27(24,25)22-12-11-21-13-17(22)16-5-3-4-6-18(16)26-2/h3-10,17,21H,11-13H2,1-2H3,(H,20,23). The zero-order chi connectivity index (χ0) is 19.4. The van der Waals surface area contributed by atoms with Crippen LogP contribution in [0.4, 0.5) is 0 Å². The molecule has 1 aliphatic heterocycles. The molecule has 1 fully saturated rings. The van der Waals surface area contributed by atoms with Gasteiger partial charge in [-0.25, -0.2) is 8.42 Å². The van der Waals surface area contributed by atoms with Gasteiger partial charge in [-0.3, -0.25) is 4.79 Å². The maximum absolute atomic E-state index is 13.3. The zero-order valence-electron chi connectivity index (χ0n) is 15.3. The number of nitrogens with zero attached hydrogens (tertiary/aromatic N) is 1. The molecule has 3 rings (SSSR count). The van der Waals surface area contributed by atoms with Crippen LogP contribution in [0.2, 0.25) is 0 Å². The summed E-state index contributed by atoms with van der Waals surface area (Å²) in [5.74, 6) is 0.398. The fourth-order valence-electron chi connectivity index (χ4n) is 3.24. The summed E-state index contributed by atoms with van der Waals surface area (Å²) in [4.78, 5) is 11.9. The van der Waals surface area contributed by atoms with Crippen LogP contribution in [0.5, 0.6) is 5.75 Å². The van der Waals surface area contributed by atoms with E-state index >= 15 is 0 Å². The van der Waals surface area contributed by atoms with Crippen molar-refractivity contribution in [2.75, 3.05) is 33.8 Å². The molecule has 2 aromatic carbocycles. The number of hydrogen-bond donors (Lipinski definition) is 2. The smallest absolute Gasteiger partial charge is 0.251 e.